The third-order valence-electron chi connectivity index (χ3n) is 3.25. The smallest absolute Gasteiger partial charge is 0.257 e. The molecule has 2 aromatic carbocycles. The number of carbonyl (C=O) groups excluding carboxylic acids is 1. The van der Waals surface area contributed by atoms with Gasteiger partial charge in [-0.2, -0.15) is 0 Å². The molecule has 118 valence electrons. The minimum absolute atomic E-state index is 0.202. The zero-order valence-electron chi connectivity index (χ0n) is 12.4. The van der Waals surface area contributed by atoms with E-state index in [9.17, 15) is 4.79 Å². The molecule has 0 radical (unpaired) electrons. The van der Waals surface area contributed by atoms with E-state index in [0.717, 1.165) is 9.60 Å². The lowest BCUT2D eigenvalue weighted by Gasteiger charge is -2.02. The molecule has 0 atom stereocenters. The van der Waals surface area contributed by atoms with Crippen LogP contribution in [0.15, 0.2) is 41.3 Å². The lowest BCUT2D eigenvalue weighted by molar-refractivity contribution is 0.102. The van der Waals surface area contributed by atoms with E-state index < -0.39 is 0 Å². The number of halogens is 1. The van der Waals surface area contributed by atoms with Crippen LogP contribution in [-0.4, -0.2) is 24.3 Å². The standard InChI is InChI=1S/C16H13ClN2O2S2/c1-21-12-8-7-11(17)14-13(12)18-16(23-14)19-15(20)9-3-5-10(22-2)6-4-9/h3-8H,1-2H3,(H,18,19,20). The molecule has 0 fully saturated rings. The number of nitrogens with zero attached hydrogens (tertiary/aromatic N) is 1. The Balaban J connectivity index is 1.88. The number of anilines is 1. The van der Waals surface area contributed by atoms with Gasteiger partial charge in [-0.05, 0) is 42.7 Å². The van der Waals surface area contributed by atoms with Crippen molar-refractivity contribution in [3.05, 3.63) is 47.0 Å². The van der Waals surface area contributed by atoms with E-state index in [1.807, 2.05) is 18.4 Å². The number of hydrogen-bond acceptors (Lipinski definition) is 5. The molecule has 4 nitrogen and oxygen atoms in total. The van der Waals surface area contributed by atoms with Crippen LogP contribution >= 0.6 is 34.7 Å². The SMILES string of the molecule is COc1ccc(Cl)c2sc(NC(=O)c3ccc(SC)cc3)nc12. The van der Waals surface area contributed by atoms with Crippen LogP contribution in [0.4, 0.5) is 5.13 Å². The Labute approximate surface area is 146 Å². The second kappa shape index (κ2) is 6.78. The van der Waals surface area contributed by atoms with Gasteiger partial charge in [0, 0.05) is 10.5 Å². The third-order valence-corrected chi connectivity index (χ3v) is 5.43. The monoisotopic (exact) mass is 364 g/mol. The van der Waals surface area contributed by atoms with Gasteiger partial charge in [0.25, 0.3) is 5.91 Å². The van der Waals surface area contributed by atoms with Crippen LogP contribution in [0.2, 0.25) is 5.02 Å². The van der Waals surface area contributed by atoms with Gasteiger partial charge >= 0.3 is 0 Å². The first kappa shape index (κ1) is 16.1. The maximum absolute atomic E-state index is 12.3. The summed E-state index contributed by atoms with van der Waals surface area (Å²) in [6, 6.07) is 10.9. The molecule has 1 N–H and O–H groups in total. The zero-order valence-corrected chi connectivity index (χ0v) is 14.8. The highest BCUT2D eigenvalue weighted by molar-refractivity contribution is 7.98. The minimum Gasteiger partial charge on any atom is -0.494 e. The number of rotatable bonds is 4. The molecule has 0 aliphatic heterocycles. The van der Waals surface area contributed by atoms with E-state index in [4.69, 9.17) is 16.3 Å². The van der Waals surface area contributed by atoms with Crippen LogP contribution in [-0.2, 0) is 0 Å². The molecule has 0 saturated carbocycles. The number of ether oxygens (including phenoxy) is 1. The highest BCUT2D eigenvalue weighted by atomic mass is 35.5. The molecule has 23 heavy (non-hydrogen) atoms. The highest BCUT2D eigenvalue weighted by Crippen LogP contribution is 2.37. The molecule has 0 spiro atoms. The lowest BCUT2D eigenvalue weighted by Crippen LogP contribution is -2.11. The van der Waals surface area contributed by atoms with Gasteiger partial charge < -0.3 is 4.74 Å². The molecule has 1 amide bonds. The van der Waals surface area contributed by atoms with Crippen molar-refractivity contribution in [1.82, 2.24) is 4.98 Å². The van der Waals surface area contributed by atoms with Gasteiger partial charge in [0.2, 0.25) is 0 Å². The van der Waals surface area contributed by atoms with E-state index in [2.05, 4.69) is 10.3 Å². The summed E-state index contributed by atoms with van der Waals surface area (Å²) >= 11 is 9.14. The van der Waals surface area contributed by atoms with Crippen LogP contribution in [0.1, 0.15) is 10.4 Å². The minimum atomic E-state index is -0.202. The molecule has 1 heterocycles. The molecule has 0 bridgehead atoms. The van der Waals surface area contributed by atoms with Crippen LogP contribution in [0.5, 0.6) is 5.75 Å². The predicted octanol–water partition coefficient (Wildman–Crippen LogP) is 4.93. The van der Waals surface area contributed by atoms with E-state index in [-0.39, 0.29) is 5.91 Å². The molecular weight excluding hydrogens is 352 g/mol. The summed E-state index contributed by atoms with van der Waals surface area (Å²) in [6.45, 7) is 0. The summed E-state index contributed by atoms with van der Waals surface area (Å²) in [7, 11) is 1.58. The topological polar surface area (TPSA) is 51.2 Å². The first-order valence-corrected chi connectivity index (χ1v) is 9.12. The molecule has 3 aromatic rings. The van der Waals surface area contributed by atoms with Crippen molar-refractivity contribution in [1.29, 1.82) is 0 Å². The average Bonchev–Trinajstić information content (AvgIpc) is 3.00. The summed E-state index contributed by atoms with van der Waals surface area (Å²) in [6.07, 6.45) is 1.99. The van der Waals surface area contributed by atoms with Crippen molar-refractivity contribution >= 4 is 56.0 Å². The fraction of sp³-hybridized carbons (Fsp3) is 0.125. The van der Waals surface area contributed by atoms with Gasteiger partial charge in [0.1, 0.15) is 11.3 Å². The number of thioether (sulfide) groups is 1. The zero-order chi connectivity index (χ0) is 16.4. The van der Waals surface area contributed by atoms with Crippen LogP contribution in [0, 0.1) is 0 Å². The number of thiazole rings is 1. The second-order valence-electron chi connectivity index (χ2n) is 4.63. The van der Waals surface area contributed by atoms with Crippen molar-refractivity contribution in [2.45, 2.75) is 4.90 Å². The number of benzene rings is 2. The summed E-state index contributed by atoms with van der Waals surface area (Å²) < 4.78 is 6.07. The van der Waals surface area contributed by atoms with E-state index in [0.29, 0.717) is 27.0 Å². The number of nitrogens with one attached hydrogen (secondary N) is 1. The van der Waals surface area contributed by atoms with Crippen LogP contribution in [0.3, 0.4) is 0 Å². The number of aromatic nitrogens is 1. The number of amides is 1. The number of methoxy groups -OCH3 is 1. The molecule has 0 aliphatic carbocycles. The largest absolute Gasteiger partial charge is 0.494 e. The van der Waals surface area contributed by atoms with Crippen molar-refractivity contribution in [3.63, 3.8) is 0 Å². The first-order valence-electron chi connectivity index (χ1n) is 6.71. The molecule has 0 unspecified atom stereocenters. The fourth-order valence-electron chi connectivity index (χ4n) is 2.08. The van der Waals surface area contributed by atoms with Gasteiger partial charge in [-0.1, -0.05) is 22.9 Å². The van der Waals surface area contributed by atoms with Gasteiger partial charge in [-0.3, -0.25) is 10.1 Å². The molecule has 3 rings (SSSR count). The van der Waals surface area contributed by atoms with Crippen molar-refractivity contribution < 1.29 is 9.53 Å². The average molecular weight is 365 g/mol. The number of carbonyl (C=O) groups is 1. The second-order valence-corrected chi connectivity index (χ2v) is 6.91. The summed E-state index contributed by atoms with van der Waals surface area (Å²) in [4.78, 5) is 17.8. The summed E-state index contributed by atoms with van der Waals surface area (Å²) in [5.41, 5.74) is 1.23. The normalized spacial score (nSPS) is 10.7. The molecule has 7 heteroatoms. The Morgan fingerprint density at radius 1 is 1.26 bits per heavy atom. The maximum Gasteiger partial charge on any atom is 0.257 e. The Morgan fingerprint density at radius 3 is 2.65 bits per heavy atom. The molecule has 0 aliphatic rings. The van der Waals surface area contributed by atoms with Gasteiger partial charge in [-0.25, -0.2) is 4.98 Å². The Hall–Kier alpha value is -1.76. The van der Waals surface area contributed by atoms with Crippen molar-refractivity contribution in [3.8, 4) is 5.75 Å². The van der Waals surface area contributed by atoms with Gasteiger partial charge in [0.15, 0.2) is 5.13 Å². The quantitative estimate of drug-likeness (QED) is 0.667. The maximum atomic E-state index is 12.3. The van der Waals surface area contributed by atoms with Gasteiger partial charge in [0.05, 0.1) is 16.8 Å². The highest BCUT2D eigenvalue weighted by Gasteiger charge is 2.14. The first-order chi connectivity index (χ1) is 11.1. The lowest BCUT2D eigenvalue weighted by atomic mass is 10.2. The molecule has 0 saturated heterocycles. The summed E-state index contributed by atoms with van der Waals surface area (Å²) in [5, 5.41) is 3.89. The molecule has 1 aromatic heterocycles. The van der Waals surface area contributed by atoms with E-state index >= 15 is 0 Å². The predicted molar refractivity (Wildman–Crippen MR) is 97.4 cm³/mol. The van der Waals surface area contributed by atoms with Gasteiger partial charge in [-0.15, -0.1) is 11.8 Å². The Bertz CT molecular complexity index is 862. The number of fused-ring (bicyclic) bond motifs is 1. The molecular formula is C16H13ClN2O2S2. The van der Waals surface area contributed by atoms with E-state index in [1.165, 1.54) is 11.3 Å². The number of hydrogen-bond donors (Lipinski definition) is 1. The fourth-order valence-corrected chi connectivity index (χ4v) is 3.64. The van der Waals surface area contributed by atoms with E-state index in [1.54, 1.807) is 43.1 Å². The Morgan fingerprint density at radius 2 is 2.00 bits per heavy atom. The summed E-state index contributed by atoms with van der Waals surface area (Å²) in [5.74, 6) is 0.428. The Kier molecular flexibility index (Phi) is 4.75. The van der Waals surface area contributed by atoms with Crippen LogP contribution < -0.4 is 10.1 Å². The van der Waals surface area contributed by atoms with Crippen molar-refractivity contribution in [2.24, 2.45) is 0 Å². The third kappa shape index (κ3) is 3.29. The van der Waals surface area contributed by atoms with Crippen molar-refractivity contribution in [2.75, 3.05) is 18.7 Å². The van der Waals surface area contributed by atoms with Crippen LogP contribution in [0.25, 0.3) is 10.2 Å².